The molecule has 8 heteroatoms. The van der Waals surface area contributed by atoms with E-state index in [0.717, 1.165) is 34.2 Å². The second-order valence-corrected chi connectivity index (χ2v) is 9.99. The molecular formula is C32H36N2O6. The molecule has 0 bridgehead atoms. The van der Waals surface area contributed by atoms with Crippen molar-refractivity contribution in [3.8, 4) is 11.1 Å². The number of ether oxygens (including phenoxy) is 2. The first kappa shape index (κ1) is 28.8. The van der Waals surface area contributed by atoms with Crippen LogP contribution in [0.3, 0.4) is 0 Å². The van der Waals surface area contributed by atoms with Gasteiger partial charge in [0, 0.05) is 5.92 Å². The summed E-state index contributed by atoms with van der Waals surface area (Å²) >= 11 is 0. The number of hydrogen-bond acceptors (Lipinski definition) is 5. The molecule has 0 saturated heterocycles. The standard InChI is InChI=1S/C32H36N2O6/c1-3-4-18-28(30(35)34-29(31(36)37)21(2)39-19-22-12-6-5-7-13-22)33-32(38)40-20-27-25-16-10-8-14-23(25)24-15-9-11-17-26(24)27/h5-17,21,27-29H,3-4,18-20H2,1-2H3,(H,33,38)(H,34,35)(H,36,37)/t21?,28-,29?/m0/s1. The number of alkyl carbamates (subject to hydrolysis) is 1. The Balaban J connectivity index is 1.37. The van der Waals surface area contributed by atoms with E-state index in [-0.39, 0.29) is 19.1 Å². The number of rotatable bonds is 13. The van der Waals surface area contributed by atoms with E-state index in [0.29, 0.717) is 12.8 Å². The van der Waals surface area contributed by atoms with E-state index in [2.05, 4.69) is 22.8 Å². The zero-order valence-corrected chi connectivity index (χ0v) is 22.8. The number of amides is 2. The number of hydrogen-bond donors (Lipinski definition) is 3. The fraction of sp³-hybridized carbons (Fsp3) is 0.344. The third-order valence-corrected chi connectivity index (χ3v) is 7.19. The van der Waals surface area contributed by atoms with Gasteiger partial charge in [-0.05, 0) is 41.2 Å². The molecule has 4 rings (SSSR count). The van der Waals surface area contributed by atoms with Crippen molar-refractivity contribution in [1.82, 2.24) is 10.6 Å². The maximum atomic E-state index is 13.2. The Labute approximate surface area is 234 Å². The van der Waals surface area contributed by atoms with Crippen LogP contribution >= 0.6 is 0 Å². The smallest absolute Gasteiger partial charge is 0.407 e. The van der Waals surface area contributed by atoms with Crippen molar-refractivity contribution in [2.24, 2.45) is 0 Å². The van der Waals surface area contributed by atoms with Crippen LogP contribution in [0.25, 0.3) is 11.1 Å². The van der Waals surface area contributed by atoms with Gasteiger partial charge in [0.25, 0.3) is 0 Å². The van der Waals surface area contributed by atoms with Crippen LogP contribution in [0.2, 0.25) is 0 Å². The molecule has 210 valence electrons. The van der Waals surface area contributed by atoms with Crippen LogP contribution in [-0.2, 0) is 25.7 Å². The third kappa shape index (κ3) is 7.07. The Morgan fingerprint density at radius 3 is 2.08 bits per heavy atom. The highest BCUT2D eigenvalue weighted by atomic mass is 16.5. The first-order valence-corrected chi connectivity index (χ1v) is 13.7. The SMILES string of the molecule is CCCC[C@H](NC(=O)OCC1c2ccccc2-c2ccccc21)C(=O)NC(C(=O)O)C(C)OCc1ccccc1. The molecule has 1 aliphatic carbocycles. The maximum Gasteiger partial charge on any atom is 0.407 e. The van der Waals surface area contributed by atoms with Gasteiger partial charge in [0.1, 0.15) is 12.6 Å². The van der Waals surface area contributed by atoms with Gasteiger partial charge in [-0.25, -0.2) is 9.59 Å². The first-order chi connectivity index (χ1) is 19.4. The van der Waals surface area contributed by atoms with Crippen LogP contribution in [0, 0.1) is 0 Å². The summed E-state index contributed by atoms with van der Waals surface area (Å²) in [5, 5.41) is 15.0. The topological polar surface area (TPSA) is 114 Å². The molecule has 0 saturated carbocycles. The molecule has 0 fully saturated rings. The lowest BCUT2D eigenvalue weighted by molar-refractivity contribution is -0.146. The lowest BCUT2D eigenvalue weighted by Gasteiger charge is -2.25. The van der Waals surface area contributed by atoms with E-state index < -0.39 is 36.2 Å². The van der Waals surface area contributed by atoms with Crippen molar-refractivity contribution in [2.75, 3.05) is 6.61 Å². The summed E-state index contributed by atoms with van der Waals surface area (Å²) in [5.41, 5.74) is 5.31. The normalized spacial score (nSPS) is 14.3. The van der Waals surface area contributed by atoms with Crippen molar-refractivity contribution >= 4 is 18.0 Å². The van der Waals surface area contributed by atoms with Gasteiger partial charge < -0.3 is 25.2 Å². The minimum absolute atomic E-state index is 0.111. The summed E-state index contributed by atoms with van der Waals surface area (Å²) < 4.78 is 11.4. The Bertz CT molecular complexity index is 1270. The third-order valence-electron chi connectivity index (χ3n) is 7.19. The van der Waals surface area contributed by atoms with Gasteiger partial charge >= 0.3 is 12.1 Å². The highest BCUT2D eigenvalue weighted by molar-refractivity contribution is 5.89. The van der Waals surface area contributed by atoms with E-state index >= 15 is 0 Å². The maximum absolute atomic E-state index is 13.2. The zero-order chi connectivity index (χ0) is 28.5. The average molecular weight is 545 g/mol. The molecule has 2 unspecified atom stereocenters. The fourth-order valence-corrected chi connectivity index (χ4v) is 4.99. The fourth-order valence-electron chi connectivity index (χ4n) is 4.99. The van der Waals surface area contributed by atoms with Gasteiger partial charge in [-0.2, -0.15) is 0 Å². The predicted octanol–water partition coefficient (Wildman–Crippen LogP) is 5.26. The largest absolute Gasteiger partial charge is 0.480 e. The quantitative estimate of drug-likeness (QED) is 0.271. The first-order valence-electron chi connectivity index (χ1n) is 13.7. The van der Waals surface area contributed by atoms with Gasteiger partial charge in [-0.1, -0.05) is 98.6 Å². The number of benzene rings is 3. The van der Waals surface area contributed by atoms with Crippen molar-refractivity contribution in [1.29, 1.82) is 0 Å². The number of carbonyl (C=O) groups is 3. The lowest BCUT2D eigenvalue weighted by Crippen LogP contribution is -2.55. The molecule has 3 N–H and O–H groups in total. The molecule has 0 heterocycles. The molecule has 0 spiro atoms. The zero-order valence-electron chi connectivity index (χ0n) is 22.8. The van der Waals surface area contributed by atoms with Crippen molar-refractivity contribution in [2.45, 2.75) is 63.8 Å². The average Bonchev–Trinajstić information content (AvgIpc) is 3.29. The molecule has 40 heavy (non-hydrogen) atoms. The van der Waals surface area contributed by atoms with Crippen LogP contribution < -0.4 is 10.6 Å². The molecule has 0 radical (unpaired) electrons. The molecule has 0 aliphatic heterocycles. The van der Waals surface area contributed by atoms with Crippen LogP contribution in [0.15, 0.2) is 78.9 Å². The Morgan fingerprint density at radius 1 is 0.875 bits per heavy atom. The molecule has 8 nitrogen and oxygen atoms in total. The molecule has 3 aromatic carbocycles. The van der Waals surface area contributed by atoms with Crippen LogP contribution in [0.1, 0.15) is 55.7 Å². The van der Waals surface area contributed by atoms with Gasteiger partial charge in [0.05, 0.1) is 12.7 Å². The van der Waals surface area contributed by atoms with E-state index in [1.807, 2.05) is 73.7 Å². The number of fused-ring (bicyclic) bond motifs is 3. The minimum atomic E-state index is -1.29. The molecular weight excluding hydrogens is 508 g/mol. The summed E-state index contributed by atoms with van der Waals surface area (Å²) in [7, 11) is 0. The summed E-state index contributed by atoms with van der Waals surface area (Å²) in [6, 6.07) is 23.2. The Morgan fingerprint density at radius 2 is 1.48 bits per heavy atom. The second-order valence-electron chi connectivity index (χ2n) is 9.99. The van der Waals surface area contributed by atoms with E-state index in [1.165, 1.54) is 0 Å². The van der Waals surface area contributed by atoms with Crippen molar-refractivity contribution in [3.63, 3.8) is 0 Å². The summed E-state index contributed by atoms with van der Waals surface area (Å²) in [6.45, 7) is 3.90. The van der Waals surface area contributed by atoms with Gasteiger partial charge in [0.15, 0.2) is 6.04 Å². The Hall–Kier alpha value is -4.17. The summed E-state index contributed by atoms with van der Waals surface area (Å²) in [6.07, 6.45) is 0.286. The second kappa shape index (κ2) is 13.8. The highest BCUT2D eigenvalue weighted by Crippen LogP contribution is 2.44. The van der Waals surface area contributed by atoms with Crippen molar-refractivity contribution < 1.29 is 29.0 Å². The summed E-state index contributed by atoms with van der Waals surface area (Å²) in [5.74, 6) is -1.92. The number of carboxylic acids is 1. The molecule has 2 amide bonds. The number of unbranched alkanes of at least 4 members (excludes halogenated alkanes) is 1. The van der Waals surface area contributed by atoms with Crippen molar-refractivity contribution in [3.05, 3.63) is 95.6 Å². The van der Waals surface area contributed by atoms with Crippen LogP contribution in [-0.4, -0.2) is 47.9 Å². The monoisotopic (exact) mass is 544 g/mol. The van der Waals surface area contributed by atoms with Crippen LogP contribution in [0.4, 0.5) is 4.79 Å². The van der Waals surface area contributed by atoms with E-state index in [1.54, 1.807) is 6.92 Å². The number of nitrogens with one attached hydrogen (secondary N) is 2. The molecule has 3 aromatic rings. The highest BCUT2D eigenvalue weighted by Gasteiger charge is 2.32. The minimum Gasteiger partial charge on any atom is -0.480 e. The number of aliphatic carboxylic acids is 1. The van der Waals surface area contributed by atoms with E-state index in [9.17, 15) is 19.5 Å². The lowest BCUT2D eigenvalue weighted by atomic mass is 9.98. The van der Waals surface area contributed by atoms with Crippen LogP contribution in [0.5, 0.6) is 0 Å². The molecule has 1 aliphatic rings. The van der Waals surface area contributed by atoms with Gasteiger partial charge in [-0.15, -0.1) is 0 Å². The molecule has 0 aromatic heterocycles. The van der Waals surface area contributed by atoms with Gasteiger partial charge in [0.2, 0.25) is 5.91 Å². The molecule has 3 atom stereocenters. The Kier molecular flexibility index (Phi) is 9.91. The number of carboxylic acid groups (broad SMARTS) is 1. The predicted molar refractivity (Wildman–Crippen MR) is 152 cm³/mol. The summed E-state index contributed by atoms with van der Waals surface area (Å²) in [4.78, 5) is 38.0. The van der Waals surface area contributed by atoms with Gasteiger partial charge in [-0.3, -0.25) is 4.79 Å². The number of carbonyl (C=O) groups excluding carboxylic acids is 2. The van der Waals surface area contributed by atoms with E-state index in [4.69, 9.17) is 9.47 Å².